The van der Waals surface area contributed by atoms with Gasteiger partial charge in [-0.05, 0) is 43.5 Å². The van der Waals surface area contributed by atoms with E-state index in [4.69, 9.17) is 5.11 Å². The number of ketones is 1. The highest BCUT2D eigenvalue weighted by Gasteiger charge is 2.24. The van der Waals surface area contributed by atoms with Gasteiger partial charge in [0.15, 0.2) is 0 Å². The molecular formula is C14H15NO3. The number of carbonyl (C=O) groups is 2. The van der Waals surface area contributed by atoms with Gasteiger partial charge in [-0.2, -0.15) is 0 Å². The predicted molar refractivity (Wildman–Crippen MR) is 68.2 cm³/mol. The molecular weight excluding hydrogens is 230 g/mol. The van der Waals surface area contributed by atoms with Crippen LogP contribution in [0, 0.1) is 13.8 Å². The molecule has 0 aliphatic carbocycles. The molecule has 4 nitrogen and oxygen atoms in total. The zero-order chi connectivity index (χ0) is 13.4. The standard InChI is InChI=1S/C14H15NO3/c1-4-10-9(3)12(13(16)14(17)18)15-8(2)6-5-7-11(10)15/h5-7H,4H2,1-3H3,(H,17,18). The number of aliphatic carboxylic acids is 1. The fourth-order valence-corrected chi connectivity index (χ4v) is 2.47. The van der Waals surface area contributed by atoms with Crippen LogP contribution in [-0.2, 0) is 11.2 Å². The summed E-state index contributed by atoms with van der Waals surface area (Å²) in [7, 11) is 0. The number of aromatic nitrogens is 1. The Kier molecular flexibility index (Phi) is 2.95. The third-order valence-electron chi connectivity index (χ3n) is 3.29. The van der Waals surface area contributed by atoms with Crippen LogP contribution in [0.2, 0.25) is 0 Å². The van der Waals surface area contributed by atoms with Crippen molar-refractivity contribution in [1.82, 2.24) is 4.40 Å². The van der Waals surface area contributed by atoms with E-state index in [0.29, 0.717) is 0 Å². The number of fused-ring (bicyclic) bond motifs is 1. The van der Waals surface area contributed by atoms with Crippen LogP contribution in [0.25, 0.3) is 5.52 Å². The van der Waals surface area contributed by atoms with Gasteiger partial charge in [-0.3, -0.25) is 4.79 Å². The van der Waals surface area contributed by atoms with Crippen LogP contribution in [0.4, 0.5) is 0 Å². The third-order valence-corrected chi connectivity index (χ3v) is 3.29. The van der Waals surface area contributed by atoms with Gasteiger partial charge in [0.05, 0.1) is 0 Å². The van der Waals surface area contributed by atoms with Crippen molar-refractivity contribution in [2.45, 2.75) is 27.2 Å². The summed E-state index contributed by atoms with van der Waals surface area (Å²) in [6.45, 7) is 5.67. The lowest BCUT2D eigenvalue weighted by atomic mass is 10.1. The predicted octanol–water partition coefficient (Wildman–Crippen LogP) is 2.39. The molecule has 0 amide bonds. The van der Waals surface area contributed by atoms with Gasteiger partial charge in [0, 0.05) is 11.2 Å². The fraction of sp³-hybridized carbons (Fsp3) is 0.286. The molecule has 2 aromatic heterocycles. The molecule has 18 heavy (non-hydrogen) atoms. The van der Waals surface area contributed by atoms with E-state index in [1.165, 1.54) is 0 Å². The topological polar surface area (TPSA) is 58.8 Å². The first kappa shape index (κ1) is 12.4. The van der Waals surface area contributed by atoms with Crippen molar-refractivity contribution in [3.05, 3.63) is 40.7 Å². The molecule has 0 bridgehead atoms. The van der Waals surface area contributed by atoms with Crippen LogP contribution in [0.5, 0.6) is 0 Å². The van der Waals surface area contributed by atoms with Crippen LogP contribution in [-0.4, -0.2) is 21.3 Å². The van der Waals surface area contributed by atoms with Crippen molar-refractivity contribution in [2.24, 2.45) is 0 Å². The Balaban J connectivity index is 2.92. The van der Waals surface area contributed by atoms with Gasteiger partial charge in [-0.15, -0.1) is 0 Å². The first-order valence-corrected chi connectivity index (χ1v) is 5.86. The average molecular weight is 245 g/mol. The molecule has 0 saturated heterocycles. The normalized spacial score (nSPS) is 10.8. The summed E-state index contributed by atoms with van der Waals surface area (Å²) >= 11 is 0. The van der Waals surface area contributed by atoms with Crippen LogP contribution >= 0.6 is 0 Å². The van der Waals surface area contributed by atoms with Crippen molar-refractivity contribution in [3.63, 3.8) is 0 Å². The SMILES string of the molecule is CCc1c(C)c(C(=O)C(=O)O)n2c(C)cccc12. The van der Waals surface area contributed by atoms with E-state index in [9.17, 15) is 9.59 Å². The number of pyridine rings is 1. The Morgan fingerprint density at radius 3 is 2.50 bits per heavy atom. The molecule has 94 valence electrons. The highest BCUT2D eigenvalue weighted by atomic mass is 16.4. The molecule has 4 heteroatoms. The second-order valence-corrected chi connectivity index (χ2v) is 4.33. The molecule has 2 rings (SSSR count). The summed E-state index contributed by atoms with van der Waals surface area (Å²) in [4.78, 5) is 22.8. The van der Waals surface area contributed by atoms with Crippen LogP contribution in [0.15, 0.2) is 18.2 Å². The van der Waals surface area contributed by atoms with Crippen molar-refractivity contribution < 1.29 is 14.7 Å². The molecule has 0 aromatic carbocycles. The second kappa shape index (κ2) is 4.29. The number of rotatable bonds is 3. The molecule has 0 spiro atoms. The molecule has 0 fully saturated rings. The molecule has 0 atom stereocenters. The van der Waals surface area contributed by atoms with Gasteiger partial charge in [-0.1, -0.05) is 13.0 Å². The van der Waals surface area contributed by atoms with Crippen LogP contribution in [0.3, 0.4) is 0 Å². The van der Waals surface area contributed by atoms with Gasteiger partial charge in [0.1, 0.15) is 5.69 Å². The first-order valence-electron chi connectivity index (χ1n) is 5.86. The zero-order valence-corrected chi connectivity index (χ0v) is 10.7. The highest BCUT2D eigenvalue weighted by molar-refractivity contribution is 6.40. The summed E-state index contributed by atoms with van der Waals surface area (Å²) in [5, 5.41) is 8.93. The van der Waals surface area contributed by atoms with E-state index in [1.807, 2.05) is 32.0 Å². The van der Waals surface area contributed by atoms with E-state index in [2.05, 4.69) is 0 Å². The Bertz CT molecular complexity index is 653. The second-order valence-electron chi connectivity index (χ2n) is 4.33. The monoisotopic (exact) mass is 245 g/mol. The van der Waals surface area contributed by atoms with Crippen molar-refractivity contribution >= 4 is 17.3 Å². The molecule has 0 saturated carbocycles. The number of aryl methyl sites for hydroxylation is 2. The Morgan fingerprint density at radius 1 is 1.28 bits per heavy atom. The lowest BCUT2D eigenvalue weighted by Gasteiger charge is -2.04. The number of carboxylic acid groups (broad SMARTS) is 1. The summed E-state index contributed by atoms with van der Waals surface area (Å²) in [5.41, 5.74) is 3.84. The lowest BCUT2D eigenvalue weighted by molar-refractivity contribution is -0.131. The molecule has 0 aliphatic heterocycles. The number of carboxylic acids is 1. The number of hydrogen-bond donors (Lipinski definition) is 1. The number of nitrogens with zero attached hydrogens (tertiary/aromatic N) is 1. The summed E-state index contributed by atoms with van der Waals surface area (Å²) in [6.07, 6.45) is 0.770. The smallest absolute Gasteiger partial charge is 0.378 e. The minimum absolute atomic E-state index is 0.271. The molecule has 1 N–H and O–H groups in total. The van der Waals surface area contributed by atoms with Gasteiger partial charge in [0.2, 0.25) is 0 Å². The van der Waals surface area contributed by atoms with E-state index >= 15 is 0 Å². The minimum atomic E-state index is -1.41. The quantitative estimate of drug-likeness (QED) is 0.667. The zero-order valence-electron chi connectivity index (χ0n) is 10.7. The summed E-state index contributed by atoms with van der Waals surface area (Å²) < 4.78 is 1.74. The van der Waals surface area contributed by atoms with Crippen molar-refractivity contribution in [2.75, 3.05) is 0 Å². The van der Waals surface area contributed by atoms with Gasteiger partial charge >= 0.3 is 5.97 Å². The highest BCUT2D eigenvalue weighted by Crippen LogP contribution is 2.25. The largest absolute Gasteiger partial charge is 0.475 e. The summed E-state index contributed by atoms with van der Waals surface area (Å²) in [5.74, 6) is -2.26. The van der Waals surface area contributed by atoms with E-state index in [1.54, 1.807) is 11.3 Å². The molecule has 0 unspecified atom stereocenters. The third kappa shape index (κ3) is 1.61. The Hall–Kier alpha value is -2.10. The lowest BCUT2D eigenvalue weighted by Crippen LogP contribution is -2.16. The van der Waals surface area contributed by atoms with Crippen molar-refractivity contribution in [1.29, 1.82) is 0 Å². The van der Waals surface area contributed by atoms with E-state index < -0.39 is 11.8 Å². The fourth-order valence-electron chi connectivity index (χ4n) is 2.47. The van der Waals surface area contributed by atoms with Crippen molar-refractivity contribution in [3.8, 4) is 0 Å². The summed E-state index contributed by atoms with van der Waals surface area (Å²) in [6, 6.07) is 5.69. The maximum absolute atomic E-state index is 11.8. The maximum Gasteiger partial charge on any atom is 0.378 e. The molecule has 2 heterocycles. The molecule has 0 aliphatic rings. The van der Waals surface area contributed by atoms with Crippen LogP contribution < -0.4 is 0 Å². The minimum Gasteiger partial charge on any atom is -0.475 e. The van der Waals surface area contributed by atoms with Crippen LogP contribution in [0.1, 0.15) is 34.2 Å². The van der Waals surface area contributed by atoms with Gasteiger partial charge in [0.25, 0.3) is 5.78 Å². The van der Waals surface area contributed by atoms with E-state index in [-0.39, 0.29) is 5.69 Å². The molecule has 2 aromatic rings. The maximum atomic E-state index is 11.8. The average Bonchev–Trinajstić information content (AvgIpc) is 2.61. The van der Waals surface area contributed by atoms with Gasteiger partial charge < -0.3 is 9.51 Å². The first-order chi connectivity index (χ1) is 8.49. The number of carbonyl (C=O) groups excluding carboxylic acids is 1. The molecule has 0 radical (unpaired) electrons. The van der Waals surface area contributed by atoms with E-state index in [0.717, 1.165) is 28.8 Å². The number of Topliss-reactive ketones (excluding diaryl/α,β-unsaturated/α-hetero) is 1. The Labute approximate surface area is 105 Å². The van der Waals surface area contributed by atoms with Gasteiger partial charge in [-0.25, -0.2) is 4.79 Å². The number of hydrogen-bond acceptors (Lipinski definition) is 2. The Morgan fingerprint density at radius 2 is 1.94 bits per heavy atom.